The van der Waals surface area contributed by atoms with E-state index >= 15 is 0 Å². The van der Waals surface area contributed by atoms with Gasteiger partial charge in [0, 0.05) is 0 Å². The molecule has 1 aromatic rings. The van der Waals surface area contributed by atoms with Gasteiger partial charge in [-0.15, -0.1) is 0 Å². The average molecular weight is 151 g/mol. The maximum absolute atomic E-state index is 12.5. The van der Waals surface area contributed by atoms with Crippen LogP contribution in [0.15, 0.2) is 24.3 Å². The van der Waals surface area contributed by atoms with Crippen molar-refractivity contribution < 1.29 is 9.13 Å². The first kappa shape index (κ1) is 7.55. The lowest BCUT2D eigenvalue weighted by atomic mass is 10.2. The van der Waals surface area contributed by atoms with Crippen LogP contribution < -0.4 is 0 Å². The third kappa shape index (κ3) is 2.26. The van der Waals surface area contributed by atoms with E-state index in [-0.39, 0.29) is 12.4 Å². The molecule has 0 aliphatic carbocycles. The Morgan fingerprint density at radius 1 is 1.55 bits per heavy atom. The third-order valence-electron chi connectivity index (χ3n) is 1.19. The first-order chi connectivity index (χ1) is 5.33. The van der Waals surface area contributed by atoms with Gasteiger partial charge in [-0.05, 0) is 17.7 Å². The zero-order chi connectivity index (χ0) is 8.10. The molecule has 0 bridgehead atoms. The van der Waals surface area contributed by atoms with Crippen molar-refractivity contribution in [3.05, 3.63) is 35.6 Å². The zero-order valence-corrected chi connectivity index (χ0v) is 5.75. The lowest BCUT2D eigenvalue weighted by Gasteiger charge is -1.96. The highest BCUT2D eigenvalue weighted by Crippen LogP contribution is 2.03. The van der Waals surface area contributed by atoms with Crippen molar-refractivity contribution in [2.45, 2.75) is 6.61 Å². The summed E-state index contributed by atoms with van der Waals surface area (Å²) in [5.41, 5.74) is 0.659. The third-order valence-corrected chi connectivity index (χ3v) is 1.19. The van der Waals surface area contributed by atoms with Gasteiger partial charge >= 0.3 is 0 Å². The van der Waals surface area contributed by atoms with Crippen LogP contribution in [0.1, 0.15) is 5.56 Å². The molecule has 0 amide bonds. The molecule has 1 aromatic carbocycles. The summed E-state index contributed by atoms with van der Waals surface area (Å²) in [5, 5.41) is 8.03. The molecule has 0 fully saturated rings. The topological polar surface area (TPSA) is 33.0 Å². The van der Waals surface area contributed by atoms with Gasteiger partial charge in [0.25, 0.3) is 6.26 Å². The molecule has 0 aliphatic heterocycles. The van der Waals surface area contributed by atoms with Crippen molar-refractivity contribution in [2.75, 3.05) is 0 Å². The SMILES string of the molecule is N#COCc1cccc(F)c1. The number of benzene rings is 1. The predicted molar refractivity (Wildman–Crippen MR) is 36.8 cm³/mol. The van der Waals surface area contributed by atoms with Crippen LogP contribution in [-0.4, -0.2) is 0 Å². The zero-order valence-electron chi connectivity index (χ0n) is 5.75. The van der Waals surface area contributed by atoms with Crippen molar-refractivity contribution in [2.24, 2.45) is 0 Å². The molecule has 0 atom stereocenters. The van der Waals surface area contributed by atoms with Crippen LogP contribution in [0.4, 0.5) is 4.39 Å². The van der Waals surface area contributed by atoms with Crippen LogP contribution in [0.25, 0.3) is 0 Å². The summed E-state index contributed by atoms with van der Waals surface area (Å²) in [5.74, 6) is -0.316. The molecule has 0 heterocycles. The molecule has 0 unspecified atom stereocenters. The minimum Gasteiger partial charge on any atom is -0.423 e. The Hall–Kier alpha value is -1.56. The number of nitriles is 1. The smallest absolute Gasteiger partial charge is 0.286 e. The molecular weight excluding hydrogens is 145 g/mol. The van der Waals surface area contributed by atoms with Gasteiger partial charge in [0.05, 0.1) is 0 Å². The van der Waals surface area contributed by atoms with Crippen molar-refractivity contribution >= 4 is 0 Å². The van der Waals surface area contributed by atoms with E-state index < -0.39 is 0 Å². The van der Waals surface area contributed by atoms with Gasteiger partial charge in [-0.1, -0.05) is 12.1 Å². The Balaban J connectivity index is 2.65. The molecule has 0 saturated carbocycles. The Labute approximate surface area is 63.8 Å². The van der Waals surface area contributed by atoms with Gasteiger partial charge < -0.3 is 4.74 Å². The second-order valence-electron chi connectivity index (χ2n) is 2.01. The largest absolute Gasteiger partial charge is 0.423 e. The van der Waals surface area contributed by atoms with Gasteiger partial charge in [-0.25, -0.2) is 4.39 Å². The van der Waals surface area contributed by atoms with Crippen LogP contribution in [0.5, 0.6) is 0 Å². The second-order valence-corrected chi connectivity index (χ2v) is 2.01. The summed E-state index contributed by atoms with van der Waals surface area (Å²) in [6.45, 7) is 0.133. The Morgan fingerprint density at radius 3 is 3.00 bits per heavy atom. The fourth-order valence-electron chi connectivity index (χ4n) is 0.742. The average Bonchev–Trinajstić information content (AvgIpc) is 2.01. The Kier molecular flexibility index (Phi) is 2.45. The lowest BCUT2D eigenvalue weighted by Crippen LogP contribution is -1.86. The van der Waals surface area contributed by atoms with Crippen molar-refractivity contribution in [3.63, 3.8) is 0 Å². The summed E-state index contributed by atoms with van der Waals surface area (Å²) >= 11 is 0. The molecule has 56 valence electrons. The van der Waals surface area contributed by atoms with E-state index in [1.54, 1.807) is 12.1 Å². The van der Waals surface area contributed by atoms with Crippen LogP contribution in [-0.2, 0) is 11.3 Å². The quantitative estimate of drug-likeness (QED) is 0.604. The highest BCUT2D eigenvalue weighted by molar-refractivity contribution is 5.15. The van der Waals surface area contributed by atoms with E-state index in [0.717, 1.165) is 0 Å². The predicted octanol–water partition coefficient (Wildman–Crippen LogP) is 1.82. The minimum absolute atomic E-state index is 0.133. The normalized spacial score (nSPS) is 8.73. The Bertz CT molecular complexity index is 280. The summed E-state index contributed by atoms with van der Waals surface area (Å²) in [7, 11) is 0. The number of ether oxygens (including phenoxy) is 1. The van der Waals surface area contributed by atoms with Gasteiger partial charge in [0.15, 0.2) is 0 Å². The first-order valence-electron chi connectivity index (χ1n) is 3.08. The van der Waals surface area contributed by atoms with E-state index in [1.807, 2.05) is 0 Å². The highest BCUT2D eigenvalue weighted by atomic mass is 19.1. The molecule has 3 heteroatoms. The molecule has 2 nitrogen and oxygen atoms in total. The molecule has 0 N–H and O–H groups in total. The highest BCUT2D eigenvalue weighted by Gasteiger charge is 1.93. The van der Waals surface area contributed by atoms with Gasteiger partial charge in [-0.3, -0.25) is 0 Å². The summed E-state index contributed by atoms with van der Waals surface area (Å²) in [6, 6.07) is 5.94. The fraction of sp³-hybridized carbons (Fsp3) is 0.125. The molecule has 0 spiro atoms. The van der Waals surface area contributed by atoms with Gasteiger partial charge in [0.1, 0.15) is 12.4 Å². The first-order valence-corrected chi connectivity index (χ1v) is 3.08. The molecule has 0 radical (unpaired) electrons. The van der Waals surface area contributed by atoms with E-state index in [4.69, 9.17) is 5.26 Å². The molecular formula is C8H6FNO. The number of rotatable bonds is 2. The molecule has 11 heavy (non-hydrogen) atoms. The molecule has 0 aromatic heterocycles. The van der Waals surface area contributed by atoms with Crippen LogP contribution in [0.2, 0.25) is 0 Å². The lowest BCUT2D eigenvalue weighted by molar-refractivity contribution is 0.257. The van der Waals surface area contributed by atoms with E-state index in [2.05, 4.69) is 4.74 Å². The van der Waals surface area contributed by atoms with Crippen molar-refractivity contribution in [3.8, 4) is 6.26 Å². The fourth-order valence-corrected chi connectivity index (χ4v) is 0.742. The molecule has 0 saturated heterocycles. The maximum atomic E-state index is 12.5. The monoisotopic (exact) mass is 151 g/mol. The summed E-state index contributed by atoms with van der Waals surface area (Å²) in [6.07, 6.45) is 1.51. The van der Waals surface area contributed by atoms with Crippen molar-refractivity contribution in [1.29, 1.82) is 5.26 Å². The number of halogens is 1. The molecule has 0 aliphatic rings. The van der Waals surface area contributed by atoms with E-state index in [9.17, 15) is 4.39 Å². The Morgan fingerprint density at radius 2 is 2.36 bits per heavy atom. The number of nitrogens with zero attached hydrogens (tertiary/aromatic N) is 1. The number of hydrogen-bond donors (Lipinski definition) is 0. The van der Waals surface area contributed by atoms with Gasteiger partial charge in [0.2, 0.25) is 0 Å². The summed E-state index contributed by atoms with van der Waals surface area (Å²) in [4.78, 5) is 0. The standard InChI is InChI=1S/C8H6FNO/c9-8-3-1-2-7(4-8)5-11-6-10/h1-4H,5H2. The summed E-state index contributed by atoms with van der Waals surface area (Å²) < 4.78 is 16.9. The second kappa shape index (κ2) is 3.57. The number of hydrogen-bond acceptors (Lipinski definition) is 2. The maximum Gasteiger partial charge on any atom is 0.286 e. The van der Waals surface area contributed by atoms with Crippen LogP contribution in [0, 0.1) is 17.3 Å². The molecule has 1 rings (SSSR count). The van der Waals surface area contributed by atoms with Crippen LogP contribution in [0.3, 0.4) is 0 Å². The van der Waals surface area contributed by atoms with Gasteiger partial charge in [-0.2, -0.15) is 5.26 Å². The van der Waals surface area contributed by atoms with Crippen molar-refractivity contribution in [1.82, 2.24) is 0 Å². The minimum atomic E-state index is -0.316. The van der Waals surface area contributed by atoms with Crippen LogP contribution >= 0.6 is 0 Å². The van der Waals surface area contributed by atoms with E-state index in [1.165, 1.54) is 18.4 Å². The van der Waals surface area contributed by atoms with E-state index in [0.29, 0.717) is 5.56 Å².